The van der Waals surface area contributed by atoms with Crippen molar-refractivity contribution in [3.05, 3.63) is 52.2 Å². The van der Waals surface area contributed by atoms with Crippen LogP contribution in [0.4, 0.5) is 5.69 Å². The molecule has 1 unspecified atom stereocenters. The van der Waals surface area contributed by atoms with E-state index in [0.717, 1.165) is 11.4 Å². The molecule has 2 aromatic rings. The number of carbonyl (C=O) groups is 2. The smallest absolute Gasteiger partial charge is 0.282 e. The van der Waals surface area contributed by atoms with E-state index in [1.165, 1.54) is 11.8 Å². The Balaban J connectivity index is 1.98. The van der Waals surface area contributed by atoms with Crippen LogP contribution in [0, 0.1) is 0 Å². The van der Waals surface area contributed by atoms with Crippen LogP contribution in [0.3, 0.4) is 0 Å². The van der Waals surface area contributed by atoms with E-state index in [1.54, 1.807) is 35.6 Å². The Morgan fingerprint density at radius 2 is 2.05 bits per heavy atom. The van der Waals surface area contributed by atoms with E-state index in [9.17, 15) is 9.59 Å². The van der Waals surface area contributed by atoms with Gasteiger partial charge in [0.1, 0.15) is 6.54 Å². The molecule has 5 heteroatoms. The van der Waals surface area contributed by atoms with Crippen LogP contribution in [0.2, 0.25) is 0 Å². The van der Waals surface area contributed by atoms with E-state index in [4.69, 9.17) is 0 Å². The van der Waals surface area contributed by atoms with Gasteiger partial charge >= 0.3 is 0 Å². The lowest BCUT2D eigenvalue weighted by Crippen LogP contribution is -3.12. The standard InChI is InChI=1S/C17H20N2O2S/c1-12(19(3)11-16-8-5-9-22-16)17(21)18-15-7-4-6-14(10-15)13(2)20/h4-10,12H,11H2,1-3H3,(H,18,21)/p+1/t12-/m1/s1. The Morgan fingerprint density at radius 1 is 1.27 bits per heavy atom. The summed E-state index contributed by atoms with van der Waals surface area (Å²) in [6.45, 7) is 4.25. The first kappa shape index (κ1) is 16.4. The molecule has 116 valence electrons. The van der Waals surface area contributed by atoms with Crippen molar-refractivity contribution in [3.63, 3.8) is 0 Å². The van der Waals surface area contributed by atoms with E-state index in [0.29, 0.717) is 11.3 Å². The molecule has 22 heavy (non-hydrogen) atoms. The van der Waals surface area contributed by atoms with Crippen LogP contribution in [0.1, 0.15) is 29.1 Å². The minimum Gasteiger partial charge on any atom is -0.323 e. The highest BCUT2D eigenvalue weighted by molar-refractivity contribution is 7.09. The van der Waals surface area contributed by atoms with Crippen LogP contribution in [0.15, 0.2) is 41.8 Å². The van der Waals surface area contributed by atoms with Crippen molar-refractivity contribution in [2.75, 3.05) is 12.4 Å². The second-order valence-electron chi connectivity index (χ2n) is 5.45. The summed E-state index contributed by atoms with van der Waals surface area (Å²) >= 11 is 1.70. The third kappa shape index (κ3) is 4.26. The zero-order valence-corrected chi connectivity index (χ0v) is 13.9. The van der Waals surface area contributed by atoms with Crippen LogP contribution in [-0.4, -0.2) is 24.8 Å². The number of ketones is 1. The third-order valence-corrected chi connectivity index (χ3v) is 4.58. The van der Waals surface area contributed by atoms with E-state index in [1.807, 2.05) is 25.4 Å². The zero-order valence-electron chi connectivity index (χ0n) is 13.1. The summed E-state index contributed by atoms with van der Waals surface area (Å²) in [5, 5.41) is 4.93. The molecule has 0 aliphatic carbocycles. The van der Waals surface area contributed by atoms with Crippen molar-refractivity contribution in [1.82, 2.24) is 0 Å². The van der Waals surface area contributed by atoms with Gasteiger partial charge in [0, 0.05) is 11.3 Å². The lowest BCUT2D eigenvalue weighted by molar-refractivity contribution is -0.907. The van der Waals surface area contributed by atoms with Gasteiger partial charge in [-0.25, -0.2) is 0 Å². The average molecular weight is 317 g/mol. The summed E-state index contributed by atoms with van der Waals surface area (Å²) < 4.78 is 0. The van der Waals surface area contributed by atoms with Gasteiger partial charge in [-0.15, -0.1) is 11.3 Å². The molecule has 0 fully saturated rings. The summed E-state index contributed by atoms with van der Waals surface area (Å²) in [7, 11) is 2.01. The number of anilines is 1. The molecule has 4 nitrogen and oxygen atoms in total. The summed E-state index contributed by atoms with van der Waals surface area (Å²) in [6, 6.07) is 10.9. The first-order valence-electron chi connectivity index (χ1n) is 7.24. The third-order valence-electron chi connectivity index (χ3n) is 3.70. The maximum absolute atomic E-state index is 12.4. The SMILES string of the molecule is CC(=O)c1cccc(NC(=O)[C@@H](C)[NH+](C)Cc2cccs2)c1. The number of Topliss-reactive ketones (excluding diaryl/α,β-unsaturated/α-hetero) is 1. The van der Waals surface area contributed by atoms with Gasteiger partial charge < -0.3 is 10.2 Å². The molecule has 0 saturated carbocycles. The van der Waals surface area contributed by atoms with Crippen molar-refractivity contribution in [1.29, 1.82) is 0 Å². The molecule has 2 atom stereocenters. The lowest BCUT2D eigenvalue weighted by atomic mass is 10.1. The number of nitrogens with one attached hydrogen (secondary N) is 2. The molecule has 1 aromatic carbocycles. The van der Waals surface area contributed by atoms with E-state index in [2.05, 4.69) is 11.4 Å². The number of hydrogen-bond donors (Lipinski definition) is 2. The Bertz CT molecular complexity index is 652. The van der Waals surface area contributed by atoms with Gasteiger partial charge in [0.15, 0.2) is 11.8 Å². The molecular weight excluding hydrogens is 296 g/mol. The number of benzene rings is 1. The summed E-state index contributed by atoms with van der Waals surface area (Å²) in [5.41, 5.74) is 1.26. The fraction of sp³-hybridized carbons (Fsp3) is 0.294. The van der Waals surface area contributed by atoms with Gasteiger partial charge in [-0.3, -0.25) is 9.59 Å². The van der Waals surface area contributed by atoms with Gasteiger partial charge in [-0.05, 0) is 37.4 Å². The number of thiophene rings is 1. The van der Waals surface area contributed by atoms with Crippen molar-refractivity contribution < 1.29 is 14.5 Å². The Kier molecular flexibility index (Phi) is 5.46. The molecule has 1 aromatic heterocycles. The number of hydrogen-bond acceptors (Lipinski definition) is 3. The quantitative estimate of drug-likeness (QED) is 0.801. The Morgan fingerprint density at radius 3 is 2.68 bits per heavy atom. The highest BCUT2D eigenvalue weighted by atomic mass is 32.1. The van der Waals surface area contributed by atoms with Gasteiger partial charge in [0.05, 0.1) is 11.9 Å². The number of amides is 1. The van der Waals surface area contributed by atoms with E-state index >= 15 is 0 Å². The fourth-order valence-corrected chi connectivity index (χ4v) is 2.93. The zero-order chi connectivity index (χ0) is 16.1. The van der Waals surface area contributed by atoms with Crippen LogP contribution >= 0.6 is 11.3 Å². The fourth-order valence-electron chi connectivity index (χ4n) is 2.13. The topological polar surface area (TPSA) is 50.6 Å². The molecule has 1 heterocycles. The molecule has 0 saturated heterocycles. The molecule has 1 amide bonds. The van der Waals surface area contributed by atoms with Gasteiger partial charge in [0.2, 0.25) is 0 Å². The molecular formula is C17H21N2O2S+. The van der Waals surface area contributed by atoms with Crippen molar-refractivity contribution in [2.45, 2.75) is 26.4 Å². The molecule has 2 N–H and O–H groups in total. The minimum absolute atomic E-state index is 0.00964. The maximum Gasteiger partial charge on any atom is 0.282 e. The van der Waals surface area contributed by atoms with Crippen molar-refractivity contribution >= 4 is 28.7 Å². The van der Waals surface area contributed by atoms with Crippen LogP contribution in [0.5, 0.6) is 0 Å². The highest BCUT2D eigenvalue weighted by Crippen LogP contribution is 2.11. The average Bonchev–Trinajstić information content (AvgIpc) is 2.99. The number of rotatable bonds is 6. The first-order valence-corrected chi connectivity index (χ1v) is 8.12. The van der Waals surface area contributed by atoms with E-state index < -0.39 is 0 Å². The van der Waals surface area contributed by atoms with Crippen molar-refractivity contribution in [2.24, 2.45) is 0 Å². The predicted octanol–water partition coefficient (Wildman–Crippen LogP) is 1.99. The maximum atomic E-state index is 12.4. The second kappa shape index (κ2) is 7.33. The Hall–Kier alpha value is -1.98. The number of carbonyl (C=O) groups excluding carboxylic acids is 2. The summed E-state index contributed by atoms with van der Waals surface area (Å²) in [5.74, 6) is -0.0562. The van der Waals surface area contributed by atoms with Gasteiger partial charge in [0.25, 0.3) is 5.91 Å². The summed E-state index contributed by atoms with van der Waals surface area (Å²) in [6.07, 6.45) is 0. The molecule has 0 bridgehead atoms. The van der Waals surface area contributed by atoms with Crippen LogP contribution in [0.25, 0.3) is 0 Å². The van der Waals surface area contributed by atoms with Crippen LogP contribution < -0.4 is 10.2 Å². The summed E-state index contributed by atoms with van der Waals surface area (Å²) in [4.78, 5) is 26.1. The molecule has 2 rings (SSSR count). The highest BCUT2D eigenvalue weighted by Gasteiger charge is 2.22. The first-order chi connectivity index (χ1) is 10.5. The number of quaternary nitrogens is 1. The van der Waals surface area contributed by atoms with Crippen LogP contribution in [-0.2, 0) is 11.3 Å². The predicted molar refractivity (Wildman–Crippen MR) is 89.4 cm³/mol. The monoisotopic (exact) mass is 317 g/mol. The van der Waals surface area contributed by atoms with Gasteiger partial charge in [-0.1, -0.05) is 18.2 Å². The molecule has 0 aliphatic heterocycles. The second-order valence-corrected chi connectivity index (χ2v) is 6.48. The van der Waals surface area contributed by atoms with Gasteiger partial charge in [-0.2, -0.15) is 0 Å². The normalized spacial score (nSPS) is 13.4. The Labute approximate surface area is 134 Å². The molecule has 0 spiro atoms. The van der Waals surface area contributed by atoms with E-state index in [-0.39, 0.29) is 17.7 Å². The lowest BCUT2D eigenvalue weighted by Gasteiger charge is -2.20. The minimum atomic E-state index is -0.178. The molecule has 0 radical (unpaired) electrons. The number of likely N-dealkylation sites (N-methyl/N-ethyl adjacent to an activating group) is 1. The van der Waals surface area contributed by atoms with Crippen molar-refractivity contribution in [3.8, 4) is 0 Å². The largest absolute Gasteiger partial charge is 0.323 e. The molecule has 0 aliphatic rings.